The Bertz CT molecular complexity index is 941. The van der Waals surface area contributed by atoms with Crippen molar-refractivity contribution in [1.29, 1.82) is 0 Å². The predicted molar refractivity (Wildman–Crippen MR) is 104 cm³/mol. The van der Waals surface area contributed by atoms with Crippen molar-refractivity contribution < 1.29 is 0 Å². The molecule has 0 fully saturated rings. The Balaban J connectivity index is 1.83. The molecule has 3 rings (SSSR count). The molecule has 0 bridgehead atoms. The fourth-order valence-electron chi connectivity index (χ4n) is 3.03. The lowest BCUT2D eigenvalue weighted by Crippen LogP contribution is -2.26. The van der Waals surface area contributed by atoms with Gasteiger partial charge in [0.05, 0.1) is 11.4 Å². The Hall–Kier alpha value is -2.89. The van der Waals surface area contributed by atoms with Gasteiger partial charge in [-0.2, -0.15) is 5.10 Å². The molecule has 1 aromatic carbocycles. The zero-order chi connectivity index (χ0) is 18.7. The van der Waals surface area contributed by atoms with Gasteiger partial charge < -0.3 is 9.88 Å². The SMILES string of the molecule is Cc1nn(-c2ccccc2)c(C)c1CNc1nccn(CC(C)C)c1=O. The maximum atomic E-state index is 12.5. The summed E-state index contributed by atoms with van der Waals surface area (Å²) in [5.41, 5.74) is 4.01. The first-order valence-corrected chi connectivity index (χ1v) is 8.87. The van der Waals surface area contributed by atoms with Gasteiger partial charge in [-0.15, -0.1) is 0 Å². The number of hydrogen-bond donors (Lipinski definition) is 1. The number of hydrogen-bond acceptors (Lipinski definition) is 4. The van der Waals surface area contributed by atoms with Crippen LogP contribution in [-0.4, -0.2) is 19.3 Å². The minimum atomic E-state index is -0.0908. The molecule has 0 spiro atoms. The molecule has 0 aliphatic rings. The largest absolute Gasteiger partial charge is 0.361 e. The van der Waals surface area contributed by atoms with Crippen LogP contribution in [-0.2, 0) is 13.1 Å². The topological polar surface area (TPSA) is 64.7 Å². The van der Waals surface area contributed by atoms with E-state index in [0.717, 1.165) is 22.6 Å². The van der Waals surface area contributed by atoms with Crippen LogP contribution >= 0.6 is 0 Å². The maximum Gasteiger partial charge on any atom is 0.293 e. The second-order valence-electron chi connectivity index (χ2n) is 6.88. The fraction of sp³-hybridized carbons (Fsp3) is 0.350. The lowest BCUT2D eigenvalue weighted by molar-refractivity contribution is 0.509. The molecule has 6 heteroatoms. The van der Waals surface area contributed by atoms with Crippen LogP contribution in [0.25, 0.3) is 5.69 Å². The van der Waals surface area contributed by atoms with Gasteiger partial charge in [0.25, 0.3) is 5.56 Å². The quantitative estimate of drug-likeness (QED) is 0.740. The van der Waals surface area contributed by atoms with Crippen molar-refractivity contribution in [1.82, 2.24) is 19.3 Å². The van der Waals surface area contributed by atoms with Gasteiger partial charge in [0.1, 0.15) is 0 Å². The van der Waals surface area contributed by atoms with Gasteiger partial charge in [-0.25, -0.2) is 9.67 Å². The first kappa shape index (κ1) is 17.9. The summed E-state index contributed by atoms with van der Waals surface area (Å²) in [4.78, 5) is 16.8. The van der Waals surface area contributed by atoms with Crippen LogP contribution in [0.15, 0.2) is 47.5 Å². The predicted octanol–water partition coefficient (Wildman–Crippen LogP) is 3.31. The molecule has 0 amide bonds. The molecule has 0 atom stereocenters. The minimum Gasteiger partial charge on any atom is -0.361 e. The summed E-state index contributed by atoms with van der Waals surface area (Å²) in [5.74, 6) is 0.774. The Morgan fingerprint density at radius 3 is 2.58 bits per heavy atom. The number of nitrogens with one attached hydrogen (secondary N) is 1. The van der Waals surface area contributed by atoms with E-state index in [-0.39, 0.29) is 5.56 Å². The highest BCUT2D eigenvalue weighted by Crippen LogP contribution is 2.18. The van der Waals surface area contributed by atoms with Crippen LogP contribution in [0.3, 0.4) is 0 Å². The van der Waals surface area contributed by atoms with Crippen molar-refractivity contribution >= 4 is 5.82 Å². The molecule has 1 N–H and O–H groups in total. The van der Waals surface area contributed by atoms with Crippen molar-refractivity contribution in [3.05, 3.63) is 70.0 Å². The number of nitrogens with zero attached hydrogens (tertiary/aromatic N) is 4. The lowest BCUT2D eigenvalue weighted by Gasteiger charge is -2.11. The third kappa shape index (κ3) is 3.69. The lowest BCUT2D eigenvalue weighted by atomic mass is 10.2. The number of para-hydroxylation sites is 1. The van der Waals surface area contributed by atoms with E-state index < -0.39 is 0 Å². The fourth-order valence-corrected chi connectivity index (χ4v) is 3.03. The monoisotopic (exact) mass is 351 g/mol. The third-order valence-electron chi connectivity index (χ3n) is 4.35. The third-order valence-corrected chi connectivity index (χ3v) is 4.35. The van der Waals surface area contributed by atoms with E-state index in [0.29, 0.717) is 24.8 Å². The first-order chi connectivity index (χ1) is 12.5. The smallest absolute Gasteiger partial charge is 0.293 e. The van der Waals surface area contributed by atoms with Crippen LogP contribution < -0.4 is 10.9 Å². The number of anilines is 1. The summed E-state index contributed by atoms with van der Waals surface area (Å²) in [5, 5.41) is 7.84. The normalized spacial score (nSPS) is 11.1. The average molecular weight is 351 g/mol. The molecule has 26 heavy (non-hydrogen) atoms. The van der Waals surface area contributed by atoms with Crippen molar-refractivity contribution in [3.63, 3.8) is 0 Å². The molecule has 3 aromatic rings. The van der Waals surface area contributed by atoms with Crippen molar-refractivity contribution in [2.75, 3.05) is 5.32 Å². The van der Waals surface area contributed by atoms with Crippen molar-refractivity contribution in [3.8, 4) is 5.69 Å². The summed E-state index contributed by atoms with van der Waals surface area (Å²) in [6.45, 7) is 9.40. The van der Waals surface area contributed by atoms with Crippen molar-refractivity contribution in [2.45, 2.75) is 40.8 Å². The standard InChI is InChI=1S/C20H25N5O/c1-14(2)13-24-11-10-21-19(20(24)26)22-12-18-15(3)23-25(16(18)4)17-8-6-5-7-9-17/h5-11,14H,12-13H2,1-4H3,(H,21,22). The molecule has 0 aliphatic heterocycles. The van der Waals surface area contributed by atoms with Crippen LogP contribution in [0, 0.1) is 19.8 Å². The second-order valence-corrected chi connectivity index (χ2v) is 6.88. The molecular formula is C20H25N5O. The molecule has 136 valence electrons. The van der Waals surface area contributed by atoms with Crippen LogP contribution in [0.2, 0.25) is 0 Å². The summed E-state index contributed by atoms with van der Waals surface area (Å²) in [6, 6.07) is 10.0. The van der Waals surface area contributed by atoms with Gasteiger partial charge in [-0.3, -0.25) is 4.79 Å². The van der Waals surface area contributed by atoms with Crippen molar-refractivity contribution in [2.24, 2.45) is 5.92 Å². The van der Waals surface area contributed by atoms with Gasteiger partial charge in [0.2, 0.25) is 0 Å². The van der Waals surface area contributed by atoms with E-state index >= 15 is 0 Å². The van der Waals surface area contributed by atoms with E-state index in [4.69, 9.17) is 0 Å². The number of aryl methyl sites for hydroxylation is 1. The highest BCUT2D eigenvalue weighted by atomic mass is 16.1. The van der Waals surface area contributed by atoms with Gasteiger partial charge in [0, 0.05) is 36.7 Å². The molecule has 0 saturated heterocycles. The highest BCUT2D eigenvalue weighted by molar-refractivity contribution is 5.39. The van der Waals surface area contributed by atoms with Gasteiger partial charge >= 0.3 is 0 Å². The van der Waals surface area contributed by atoms with Crippen LogP contribution in [0.5, 0.6) is 0 Å². The molecule has 0 radical (unpaired) electrons. The zero-order valence-electron chi connectivity index (χ0n) is 15.7. The van der Waals surface area contributed by atoms with E-state index in [2.05, 4.69) is 29.2 Å². The van der Waals surface area contributed by atoms with Gasteiger partial charge in [0.15, 0.2) is 5.82 Å². The number of benzene rings is 1. The summed E-state index contributed by atoms with van der Waals surface area (Å²) < 4.78 is 3.63. The Labute approximate surface area is 153 Å². The summed E-state index contributed by atoms with van der Waals surface area (Å²) in [6.07, 6.45) is 3.40. The highest BCUT2D eigenvalue weighted by Gasteiger charge is 2.14. The zero-order valence-corrected chi connectivity index (χ0v) is 15.7. The maximum absolute atomic E-state index is 12.5. The van der Waals surface area contributed by atoms with E-state index in [1.807, 2.05) is 48.9 Å². The molecular weight excluding hydrogens is 326 g/mol. The average Bonchev–Trinajstić information content (AvgIpc) is 2.90. The minimum absolute atomic E-state index is 0.0908. The molecule has 2 heterocycles. The second kappa shape index (κ2) is 7.56. The molecule has 0 aliphatic carbocycles. The van der Waals surface area contributed by atoms with E-state index in [1.165, 1.54) is 0 Å². The van der Waals surface area contributed by atoms with Crippen LogP contribution in [0.4, 0.5) is 5.82 Å². The molecule has 0 unspecified atom stereocenters. The van der Waals surface area contributed by atoms with Gasteiger partial charge in [-0.05, 0) is 31.9 Å². The summed E-state index contributed by atoms with van der Waals surface area (Å²) in [7, 11) is 0. The van der Waals surface area contributed by atoms with Crippen LogP contribution in [0.1, 0.15) is 30.8 Å². The van der Waals surface area contributed by atoms with Gasteiger partial charge in [-0.1, -0.05) is 32.0 Å². The summed E-state index contributed by atoms with van der Waals surface area (Å²) >= 11 is 0. The number of aromatic nitrogens is 4. The Morgan fingerprint density at radius 2 is 1.88 bits per heavy atom. The first-order valence-electron chi connectivity index (χ1n) is 8.87. The molecule has 0 saturated carbocycles. The molecule has 2 aromatic heterocycles. The number of rotatable bonds is 6. The van der Waals surface area contributed by atoms with E-state index in [1.54, 1.807) is 17.0 Å². The Kier molecular flexibility index (Phi) is 5.21. The molecule has 6 nitrogen and oxygen atoms in total. The Morgan fingerprint density at radius 1 is 1.15 bits per heavy atom. The van der Waals surface area contributed by atoms with E-state index in [9.17, 15) is 4.79 Å².